The molecule has 0 spiro atoms. The Bertz CT molecular complexity index is 211. The molecule has 0 unspecified atom stereocenters. The fraction of sp³-hybridized carbons (Fsp3) is 0.889. The number of nitrogens with zero attached hydrogens (tertiary/aromatic N) is 1. The Labute approximate surface area is 92.2 Å². The van der Waals surface area contributed by atoms with Crippen molar-refractivity contribution < 1.29 is 9.63 Å². The summed E-state index contributed by atoms with van der Waals surface area (Å²) in [4.78, 5) is 0. The first kappa shape index (κ1) is 13.9. The van der Waals surface area contributed by atoms with Gasteiger partial charge in [0.05, 0.1) is 0 Å². The van der Waals surface area contributed by atoms with Gasteiger partial charge >= 0.3 is 0 Å². The van der Waals surface area contributed by atoms with Gasteiger partial charge in [-0.1, -0.05) is 37.5 Å². The molecule has 0 aliphatic rings. The summed E-state index contributed by atoms with van der Waals surface area (Å²) in [6.07, 6.45) is 0.477. The molecule has 3 nitrogen and oxygen atoms in total. The van der Waals surface area contributed by atoms with Crippen LogP contribution in [0, 0.1) is 0 Å². The standard InChI is InChI=1S/C9H20ClNO2Si/c1-9(2,3)14(4,5)13-7-6-8(10)11-12/h12H,6-7H2,1-5H3/b11-8-. The summed E-state index contributed by atoms with van der Waals surface area (Å²) < 4.78 is 5.83. The van der Waals surface area contributed by atoms with E-state index < -0.39 is 8.32 Å². The summed E-state index contributed by atoms with van der Waals surface area (Å²) >= 11 is 5.54. The molecule has 0 radical (unpaired) electrons. The molecule has 0 saturated carbocycles. The summed E-state index contributed by atoms with van der Waals surface area (Å²) in [6.45, 7) is 11.4. The zero-order valence-electron chi connectivity index (χ0n) is 9.59. The third-order valence-corrected chi connectivity index (χ3v) is 7.49. The molecule has 0 rings (SSSR count). The van der Waals surface area contributed by atoms with E-state index in [-0.39, 0.29) is 10.2 Å². The lowest BCUT2D eigenvalue weighted by Gasteiger charge is -2.36. The lowest BCUT2D eigenvalue weighted by molar-refractivity contribution is 0.291. The van der Waals surface area contributed by atoms with Crippen molar-refractivity contribution in [2.24, 2.45) is 5.16 Å². The smallest absolute Gasteiger partial charge is 0.191 e. The van der Waals surface area contributed by atoms with Gasteiger partial charge < -0.3 is 9.63 Å². The van der Waals surface area contributed by atoms with Crippen LogP contribution >= 0.6 is 11.6 Å². The Morgan fingerprint density at radius 2 is 1.93 bits per heavy atom. The van der Waals surface area contributed by atoms with Crippen molar-refractivity contribution in [3.05, 3.63) is 0 Å². The van der Waals surface area contributed by atoms with Crippen LogP contribution in [0.5, 0.6) is 0 Å². The van der Waals surface area contributed by atoms with Gasteiger partial charge in [-0.05, 0) is 18.1 Å². The summed E-state index contributed by atoms with van der Waals surface area (Å²) in [5.41, 5.74) is 0. The summed E-state index contributed by atoms with van der Waals surface area (Å²) in [5.74, 6) is 0. The van der Waals surface area contributed by atoms with Crippen molar-refractivity contribution in [3.63, 3.8) is 0 Å². The minimum atomic E-state index is -1.68. The van der Waals surface area contributed by atoms with Crippen molar-refractivity contribution >= 4 is 25.1 Å². The molecule has 0 aromatic rings. The molecule has 14 heavy (non-hydrogen) atoms. The summed E-state index contributed by atoms with van der Waals surface area (Å²) in [5, 5.41) is 11.6. The molecular weight excluding hydrogens is 218 g/mol. The van der Waals surface area contributed by atoms with Crippen molar-refractivity contribution in [1.82, 2.24) is 0 Å². The molecule has 84 valence electrons. The highest BCUT2D eigenvalue weighted by molar-refractivity contribution is 6.74. The summed E-state index contributed by atoms with van der Waals surface area (Å²) in [7, 11) is -1.68. The van der Waals surface area contributed by atoms with Crippen LogP contribution in [0.15, 0.2) is 5.16 Å². The molecule has 0 heterocycles. The molecule has 5 heteroatoms. The predicted molar refractivity (Wildman–Crippen MR) is 62.8 cm³/mol. The first-order valence-electron chi connectivity index (χ1n) is 4.71. The Morgan fingerprint density at radius 1 is 1.43 bits per heavy atom. The van der Waals surface area contributed by atoms with Crippen LogP contribution in [-0.4, -0.2) is 25.3 Å². The molecule has 0 fully saturated rings. The largest absolute Gasteiger partial charge is 0.416 e. The summed E-state index contributed by atoms with van der Waals surface area (Å²) in [6, 6.07) is 0. The topological polar surface area (TPSA) is 41.8 Å². The molecule has 0 aromatic carbocycles. The van der Waals surface area contributed by atoms with Crippen molar-refractivity contribution in [3.8, 4) is 0 Å². The highest BCUT2D eigenvalue weighted by Crippen LogP contribution is 2.36. The Kier molecular flexibility index (Phi) is 5.12. The zero-order chi connectivity index (χ0) is 11.4. The van der Waals surface area contributed by atoms with Gasteiger partial charge in [-0.15, -0.1) is 0 Å². The molecule has 1 N–H and O–H groups in total. The van der Waals surface area contributed by atoms with Crippen molar-refractivity contribution in [1.29, 1.82) is 0 Å². The maximum absolute atomic E-state index is 8.34. The number of oxime groups is 1. The van der Waals surface area contributed by atoms with Crippen LogP contribution in [0.4, 0.5) is 0 Å². The van der Waals surface area contributed by atoms with E-state index in [2.05, 4.69) is 39.0 Å². The van der Waals surface area contributed by atoms with Gasteiger partial charge in [0.15, 0.2) is 8.32 Å². The van der Waals surface area contributed by atoms with Crippen LogP contribution in [0.3, 0.4) is 0 Å². The Morgan fingerprint density at radius 3 is 2.29 bits per heavy atom. The molecule has 0 saturated heterocycles. The fourth-order valence-corrected chi connectivity index (χ4v) is 1.78. The lowest BCUT2D eigenvalue weighted by atomic mass is 10.2. The second-order valence-electron chi connectivity index (χ2n) is 4.84. The van der Waals surface area contributed by atoms with E-state index in [1.807, 2.05) is 0 Å². The second-order valence-corrected chi connectivity index (χ2v) is 10.1. The minimum Gasteiger partial charge on any atom is -0.416 e. The quantitative estimate of drug-likeness (QED) is 0.352. The van der Waals surface area contributed by atoms with Gasteiger partial charge in [0.25, 0.3) is 0 Å². The number of halogens is 1. The third kappa shape index (κ3) is 4.44. The molecular formula is C9H20ClNO2Si. The molecule has 0 aliphatic heterocycles. The van der Waals surface area contributed by atoms with Crippen LogP contribution < -0.4 is 0 Å². The third-order valence-electron chi connectivity index (χ3n) is 2.69. The Balaban J connectivity index is 4.01. The second kappa shape index (κ2) is 5.14. The van der Waals surface area contributed by atoms with Crippen LogP contribution in [0.1, 0.15) is 27.2 Å². The van der Waals surface area contributed by atoms with E-state index in [0.717, 1.165) is 0 Å². The van der Waals surface area contributed by atoms with Gasteiger partial charge in [0.1, 0.15) is 5.17 Å². The van der Waals surface area contributed by atoms with E-state index in [1.165, 1.54) is 0 Å². The monoisotopic (exact) mass is 237 g/mol. The van der Waals surface area contributed by atoms with Crippen molar-refractivity contribution in [2.45, 2.75) is 45.3 Å². The highest BCUT2D eigenvalue weighted by Gasteiger charge is 2.36. The van der Waals surface area contributed by atoms with E-state index in [0.29, 0.717) is 13.0 Å². The SMILES string of the molecule is CC(C)(C)[Si](C)(C)OCC/C(Cl)=N/O. The van der Waals surface area contributed by atoms with E-state index in [9.17, 15) is 0 Å². The van der Waals surface area contributed by atoms with E-state index >= 15 is 0 Å². The molecule has 0 amide bonds. The first-order valence-corrected chi connectivity index (χ1v) is 8.00. The zero-order valence-corrected chi connectivity index (χ0v) is 11.4. The van der Waals surface area contributed by atoms with E-state index in [4.69, 9.17) is 21.2 Å². The first-order chi connectivity index (χ1) is 6.20. The average molecular weight is 238 g/mol. The van der Waals surface area contributed by atoms with Crippen LogP contribution in [0.2, 0.25) is 18.1 Å². The average Bonchev–Trinajstić information content (AvgIpc) is 2.01. The maximum Gasteiger partial charge on any atom is 0.191 e. The lowest BCUT2D eigenvalue weighted by Crippen LogP contribution is -2.41. The number of rotatable bonds is 4. The molecule has 0 aromatic heterocycles. The van der Waals surface area contributed by atoms with Crippen molar-refractivity contribution in [2.75, 3.05) is 6.61 Å². The van der Waals surface area contributed by atoms with Crippen LogP contribution in [0.25, 0.3) is 0 Å². The van der Waals surface area contributed by atoms with Gasteiger partial charge in [0, 0.05) is 13.0 Å². The van der Waals surface area contributed by atoms with Crippen LogP contribution in [-0.2, 0) is 4.43 Å². The molecule has 0 atom stereocenters. The maximum atomic E-state index is 8.34. The molecule has 0 aliphatic carbocycles. The van der Waals surface area contributed by atoms with Gasteiger partial charge in [-0.2, -0.15) is 0 Å². The normalized spacial score (nSPS) is 14.6. The minimum absolute atomic E-state index is 0.198. The highest BCUT2D eigenvalue weighted by atomic mass is 35.5. The molecule has 0 bridgehead atoms. The fourth-order valence-electron chi connectivity index (χ4n) is 0.657. The van der Waals surface area contributed by atoms with E-state index in [1.54, 1.807) is 0 Å². The number of hydrogen-bond acceptors (Lipinski definition) is 3. The number of hydrogen-bond donors (Lipinski definition) is 1. The van der Waals surface area contributed by atoms with Gasteiger partial charge in [-0.25, -0.2) is 0 Å². The van der Waals surface area contributed by atoms with Gasteiger partial charge in [0.2, 0.25) is 0 Å². The Hall–Kier alpha value is -0.0631. The van der Waals surface area contributed by atoms with Gasteiger partial charge in [-0.3, -0.25) is 0 Å². The predicted octanol–water partition coefficient (Wildman–Crippen LogP) is 3.42.